The first-order valence-electron chi connectivity index (χ1n) is 5.85. The topological polar surface area (TPSA) is 59.3 Å². The summed E-state index contributed by atoms with van der Waals surface area (Å²) >= 11 is 0. The van der Waals surface area contributed by atoms with Gasteiger partial charge in [-0.15, -0.1) is 0 Å². The summed E-state index contributed by atoms with van der Waals surface area (Å²) in [5, 5.41) is 8.70. The lowest BCUT2D eigenvalue weighted by atomic mass is 10.1. The van der Waals surface area contributed by atoms with E-state index < -0.39 is 5.97 Å². The van der Waals surface area contributed by atoms with Gasteiger partial charge >= 0.3 is 5.97 Å². The van der Waals surface area contributed by atoms with Crippen molar-refractivity contribution in [2.45, 2.75) is 12.5 Å². The Hall–Kier alpha value is -2.54. The van der Waals surface area contributed by atoms with Gasteiger partial charge in [-0.1, -0.05) is 18.2 Å². The first-order chi connectivity index (χ1) is 9.21. The number of carbonyl (C=O) groups is 1. The molecule has 0 saturated carbocycles. The predicted octanol–water partition coefficient (Wildman–Crippen LogP) is 2.42. The first kappa shape index (κ1) is 12.9. The number of carbonyl (C=O) groups excluding carboxylic acids is 1. The van der Waals surface area contributed by atoms with Crippen LogP contribution in [0.5, 0.6) is 0 Å². The van der Waals surface area contributed by atoms with Gasteiger partial charge in [0.15, 0.2) is 0 Å². The summed E-state index contributed by atoms with van der Waals surface area (Å²) in [7, 11) is 1.53. The Balaban J connectivity index is 2.04. The Bertz CT molecular complexity index is 564. The van der Waals surface area contributed by atoms with Gasteiger partial charge in [0.2, 0.25) is 0 Å². The fourth-order valence-electron chi connectivity index (χ4n) is 1.75. The summed E-state index contributed by atoms with van der Waals surface area (Å²) in [6.45, 7) is 0. The molecule has 1 heterocycles. The molecule has 1 atom stereocenters. The maximum absolute atomic E-state index is 11.3. The Kier molecular flexibility index (Phi) is 3.99. The summed E-state index contributed by atoms with van der Waals surface area (Å²) in [5.41, 5.74) is 1.56. The van der Waals surface area contributed by atoms with E-state index in [0.717, 1.165) is 5.56 Å². The van der Waals surface area contributed by atoms with E-state index in [4.69, 9.17) is 14.7 Å². The molecule has 4 nitrogen and oxygen atoms in total. The largest absolute Gasteiger partial charge is 0.501 e. The van der Waals surface area contributed by atoms with Crippen LogP contribution in [0.4, 0.5) is 0 Å². The molecule has 1 aliphatic heterocycles. The molecule has 19 heavy (non-hydrogen) atoms. The van der Waals surface area contributed by atoms with Crippen molar-refractivity contribution in [3.05, 3.63) is 53.3 Å². The Morgan fingerprint density at radius 1 is 1.42 bits per heavy atom. The number of benzene rings is 1. The molecule has 1 aromatic rings. The van der Waals surface area contributed by atoms with Gasteiger partial charge in [-0.2, -0.15) is 5.26 Å². The van der Waals surface area contributed by atoms with Gasteiger partial charge in [0, 0.05) is 6.42 Å². The van der Waals surface area contributed by atoms with Gasteiger partial charge in [-0.05, 0) is 23.8 Å². The summed E-state index contributed by atoms with van der Waals surface area (Å²) in [6.07, 6.45) is 5.24. The average Bonchev–Trinajstić information content (AvgIpc) is 2.45. The monoisotopic (exact) mass is 255 g/mol. The zero-order chi connectivity index (χ0) is 13.7. The van der Waals surface area contributed by atoms with E-state index in [-0.39, 0.29) is 6.10 Å². The second-order valence-electron chi connectivity index (χ2n) is 4.09. The number of nitrogens with zero attached hydrogens (tertiary/aromatic N) is 1. The van der Waals surface area contributed by atoms with Crippen LogP contribution in [-0.4, -0.2) is 19.2 Å². The number of rotatable bonds is 3. The van der Waals surface area contributed by atoms with Crippen molar-refractivity contribution in [2.24, 2.45) is 0 Å². The number of hydrogen-bond donors (Lipinski definition) is 0. The van der Waals surface area contributed by atoms with Crippen LogP contribution >= 0.6 is 0 Å². The number of nitriles is 1. The number of methoxy groups -OCH3 is 1. The summed E-state index contributed by atoms with van der Waals surface area (Å²) in [6, 6.07) is 9.23. The van der Waals surface area contributed by atoms with E-state index in [9.17, 15) is 4.79 Å². The summed E-state index contributed by atoms with van der Waals surface area (Å²) in [4.78, 5) is 11.3. The highest BCUT2D eigenvalue weighted by Gasteiger charge is 2.19. The van der Waals surface area contributed by atoms with Crippen LogP contribution in [0.1, 0.15) is 17.5 Å². The first-order valence-corrected chi connectivity index (χ1v) is 5.85. The van der Waals surface area contributed by atoms with E-state index >= 15 is 0 Å². The molecule has 2 rings (SSSR count). The van der Waals surface area contributed by atoms with Crippen LogP contribution < -0.4 is 0 Å². The van der Waals surface area contributed by atoms with Gasteiger partial charge in [0.05, 0.1) is 24.8 Å². The van der Waals surface area contributed by atoms with Crippen molar-refractivity contribution >= 4 is 12.0 Å². The predicted molar refractivity (Wildman–Crippen MR) is 69.8 cm³/mol. The van der Waals surface area contributed by atoms with E-state index in [1.807, 2.05) is 24.3 Å². The van der Waals surface area contributed by atoms with Crippen LogP contribution in [0.2, 0.25) is 0 Å². The third-order valence-electron chi connectivity index (χ3n) is 2.75. The number of hydrogen-bond acceptors (Lipinski definition) is 4. The van der Waals surface area contributed by atoms with Crippen molar-refractivity contribution < 1.29 is 14.3 Å². The van der Waals surface area contributed by atoms with Gasteiger partial charge in [0.1, 0.15) is 11.9 Å². The number of esters is 1. The molecule has 1 unspecified atom stereocenters. The fraction of sp³-hybridized carbons (Fsp3) is 0.200. The number of ether oxygens (including phenoxy) is 2. The van der Waals surface area contributed by atoms with Crippen LogP contribution in [0.25, 0.3) is 6.08 Å². The second-order valence-corrected chi connectivity index (χ2v) is 4.09. The molecule has 0 N–H and O–H groups in total. The highest BCUT2D eigenvalue weighted by molar-refractivity contribution is 5.83. The van der Waals surface area contributed by atoms with Crippen molar-refractivity contribution in [1.29, 1.82) is 5.26 Å². The summed E-state index contributed by atoms with van der Waals surface area (Å²) < 4.78 is 10.2. The quantitative estimate of drug-likeness (QED) is 0.778. The Morgan fingerprint density at radius 3 is 2.79 bits per heavy atom. The Morgan fingerprint density at radius 2 is 2.16 bits per heavy atom. The molecule has 0 amide bonds. The highest BCUT2D eigenvalue weighted by Crippen LogP contribution is 2.18. The minimum Gasteiger partial charge on any atom is -0.501 e. The molecule has 0 fully saturated rings. The Labute approximate surface area is 111 Å². The lowest BCUT2D eigenvalue weighted by Crippen LogP contribution is -2.21. The van der Waals surface area contributed by atoms with Gasteiger partial charge in [-0.3, -0.25) is 0 Å². The molecule has 0 spiro atoms. The SMILES string of the molecule is COC1=CC(=O)OC(/C=C/c2ccc(C#N)cc2)C1. The van der Waals surface area contributed by atoms with Crippen LogP contribution in [0.15, 0.2) is 42.2 Å². The molecule has 4 heteroatoms. The van der Waals surface area contributed by atoms with Crippen molar-refractivity contribution in [3.8, 4) is 6.07 Å². The zero-order valence-electron chi connectivity index (χ0n) is 10.5. The smallest absolute Gasteiger partial charge is 0.334 e. The lowest BCUT2D eigenvalue weighted by molar-refractivity contribution is -0.142. The van der Waals surface area contributed by atoms with Gasteiger partial charge < -0.3 is 9.47 Å². The normalized spacial score (nSPS) is 18.6. The molecular weight excluding hydrogens is 242 g/mol. The minimum absolute atomic E-state index is 0.317. The van der Waals surface area contributed by atoms with Crippen molar-refractivity contribution in [3.63, 3.8) is 0 Å². The third-order valence-corrected chi connectivity index (χ3v) is 2.75. The van der Waals surface area contributed by atoms with Crippen molar-refractivity contribution in [1.82, 2.24) is 0 Å². The molecule has 1 aliphatic rings. The number of cyclic esters (lactones) is 1. The van der Waals surface area contributed by atoms with Crippen LogP contribution in [0.3, 0.4) is 0 Å². The van der Waals surface area contributed by atoms with E-state index in [1.165, 1.54) is 13.2 Å². The molecule has 0 aliphatic carbocycles. The second kappa shape index (κ2) is 5.87. The maximum atomic E-state index is 11.3. The summed E-state index contributed by atoms with van der Waals surface area (Å²) in [5.74, 6) is 0.225. The molecule has 96 valence electrons. The van der Waals surface area contributed by atoms with Crippen LogP contribution in [-0.2, 0) is 14.3 Å². The molecule has 0 radical (unpaired) electrons. The lowest BCUT2D eigenvalue weighted by Gasteiger charge is -2.19. The molecule has 0 bridgehead atoms. The van der Waals surface area contributed by atoms with Gasteiger partial charge in [-0.25, -0.2) is 4.79 Å². The molecule has 1 aromatic carbocycles. The highest BCUT2D eigenvalue weighted by atomic mass is 16.5. The molecule has 0 aromatic heterocycles. The molecular formula is C15H13NO3. The van der Waals surface area contributed by atoms with E-state index in [1.54, 1.807) is 12.1 Å². The maximum Gasteiger partial charge on any atom is 0.334 e. The third kappa shape index (κ3) is 3.46. The van der Waals surface area contributed by atoms with Crippen LogP contribution in [0, 0.1) is 11.3 Å². The van der Waals surface area contributed by atoms with E-state index in [0.29, 0.717) is 17.7 Å². The van der Waals surface area contributed by atoms with Gasteiger partial charge in [0.25, 0.3) is 0 Å². The molecule has 0 saturated heterocycles. The fourth-order valence-corrected chi connectivity index (χ4v) is 1.75. The minimum atomic E-state index is -0.391. The van der Waals surface area contributed by atoms with E-state index in [2.05, 4.69) is 6.07 Å². The standard InChI is InChI=1S/C15H13NO3/c1-18-14-8-13(19-15(17)9-14)7-6-11-2-4-12(10-16)5-3-11/h2-7,9,13H,8H2,1H3/b7-6+. The zero-order valence-corrected chi connectivity index (χ0v) is 10.5. The van der Waals surface area contributed by atoms with Crippen molar-refractivity contribution in [2.75, 3.05) is 7.11 Å². The average molecular weight is 255 g/mol.